The standard InChI is InChI=1S/C24H29NO4S/c1-2-3-15-25(22-14-16-30(27,28)19-22)24(26)13-12-20-10-7-11-23(17-20)29-18-21-8-5-4-6-9-21/h4-13,17,22H,2-3,14-16,18-19H2,1H3/b13-12+. The number of unbranched alkanes of at least 4 members (excludes halogenated alkanes) is 1. The molecule has 1 unspecified atom stereocenters. The van der Waals surface area contributed by atoms with Crippen LogP contribution >= 0.6 is 0 Å². The molecule has 0 saturated carbocycles. The second kappa shape index (κ2) is 10.4. The second-order valence-electron chi connectivity index (χ2n) is 7.62. The lowest BCUT2D eigenvalue weighted by Crippen LogP contribution is -2.40. The molecule has 1 atom stereocenters. The highest BCUT2D eigenvalue weighted by molar-refractivity contribution is 7.91. The minimum Gasteiger partial charge on any atom is -0.489 e. The number of carbonyl (C=O) groups excluding carboxylic acids is 1. The Morgan fingerprint density at radius 3 is 2.67 bits per heavy atom. The molecule has 0 bridgehead atoms. The Kier molecular flexibility index (Phi) is 7.69. The molecule has 6 heteroatoms. The first-order valence-corrected chi connectivity index (χ1v) is 12.2. The van der Waals surface area contributed by atoms with Gasteiger partial charge >= 0.3 is 0 Å². The van der Waals surface area contributed by atoms with E-state index in [0.717, 1.165) is 29.7 Å². The molecule has 30 heavy (non-hydrogen) atoms. The average molecular weight is 428 g/mol. The molecule has 0 spiro atoms. The Labute approximate surface area is 179 Å². The smallest absolute Gasteiger partial charge is 0.246 e. The van der Waals surface area contributed by atoms with Crippen molar-refractivity contribution in [1.29, 1.82) is 0 Å². The minimum atomic E-state index is -3.04. The molecule has 1 heterocycles. The van der Waals surface area contributed by atoms with Gasteiger partial charge in [0.05, 0.1) is 11.5 Å². The molecular formula is C24H29NO4S. The first kappa shape index (κ1) is 22.1. The zero-order valence-electron chi connectivity index (χ0n) is 17.4. The SMILES string of the molecule is CCCCN(C(=O)/C=C/c1cccc(OCc2ccccc2)c1)C1CCS(=O)(=O)C1. The van der Waals surface area contributed by atoms with Crippen LogP contribution in [0.15, 0.2) is 60.7 Å². The number of sulfone groups is 1. The van der Waals surface area contributed by atoms with E-state index < -0.39 is 9.84 Å². The molecule has 2 aromatic rings. The Bertz CT molecular complexity index is 970. The van der Waals surface area contributed by atoms with Crippen LogP contribution in [0.5, 0.6) is 5.75 Å². The highest BCUT2D eigenvalue weighted by Gasteiger charge is 2.33. The number of amides is 1. The summed E-state index contributed by atoms with van der Waals surface area (Å²) in [6.07, 6.45) is 5.64. The van der Waals surface area contributed by atoms with Gasteiger partial charge in [-0.1, -0.05) is 55.8 Å². The van der Waals surface area contributed by atoms with Crippen LogP contribution in [-0.4, -0.2) is 43.3 Å². The van der Waals surface area contributed by atoms with Gasteiger partial charge in [0.15, 0.2) is 9.84 Å². The van der Waals surface area contributed by atoms with Gasteiger partial charge in [-0.2, -0.15) is 0 Å². The molecule has 2 aromatic carbocycles. The molecule has 1 saturated heterocycles. The summed E-state index contributed by atoms with van der Waals surface area (Å²) in [6.45, 7) is 3.12. The highest BCUT2D eigenvalue weighted by atomic mass is 32.2. The molecule has 160 valence electrons. The van der Waals surface area contributed by atoms with E-state index in [9.17, 15) is 13.2 Å². The van der Waals surface area contributed by atoms with Crippen molar-refractivity contribution in [3.8, 4) is 5.75 Å². The average Bonchev–Trinajstić information content (AvgIpc) is 3.11. The zero-order valence-corrected chi connectivity index (χ0v) is 18.2. The Hall–Kier alpha value is -2.60. The van der Waals surface area contributed by atoms with E-state index >= 15 is 0 Å². The lowest BCUT2D eigenvalue weighted by Gasteiger charge is -2.27. The van der Waals surface area contributed by atoms with Crippen LogP contribution in [-0.2, 0) is 21.2 Å². The maximum absolute atomic E-state index is 12.8. The molecule has 1 aliphatic heterocycles. The zero-order chi connectivity index (χ0) is 21.4. The second-order valence-corrected chi connectivity index (χ2v) is 9.85. The third-order valence-corrected chi connectivity index (χ3v) is 6.96. The summed E-state index contributed by atoms with van der Waals surface area (Å²) in [5.74, 6) is 0.830. The van der Waals surface area contributed by atoms with Crippen LogP contribution in [0.3, 0.4) is 0 Å². The van der Waals surface area contributed by atoms with Crippen LogP contribution in [0.2, 0.25) is 0 Å². The first-order valence-electron chi connectivity index (χ1n) is 10.4. The molecular weight excluding hydrogens is 398 g/mol. The van der Waals surface area contributed by atoms with E-state index in [1.807, 2.05) is 54.6 Å². The summed E-state index contributed by atoms with van der Waals surface area (Å²) >= 11 is 0. The number of rotatable bonds is 9. The molecule has 1 aliphatic rings. The van der Waals surface area contributed by atoms with Gasteiger partial charge in [0, 0.05) is 18.7 Å². The number of carbonyl (C=O) groups is 1. The lowest BCUT2D eigenvalue weighted by molar-refractivity contribution is -0.127. The number of hydrogen-bond donors (Lipinski definition) is 0. The third-order valence-electron chi connectivity index (χ3n) is 5.21. The Balaban J connectivity index is 1.64. The van der Waals surface area contributed by atoms with Crippen LogP contribution in [0.1, 0.15) is 37.3 Å². The van der Waals surface area contributed by atoms with Crippen molar-refractivity contribution in [2.24, 2.45) is 0 Å². The summed E-state index contributed by atoms with van der Waals surface area (Å²) in [7, 11) is -3.04. The predicted molar refractivity (Wildman–Crippen MR) is 120 cm³/mol. The molecule has 1 amide bonds. The molecule has 0 aromatic heterocycles. The van der Waals surface area contributed by atoms with Gasteiger partial charge < -0.3 is 9.64 Å². The fourth-order valence-corrected chi connectivity index (χ4v) is 5.27. The quantitative estimate of drug-likeness (QED) is 0.566. The highest BCUT2D eigenvalue weighted by Crippen LogP contribution is 2.20. The number of benzene rings is 2. The fraction of sp³-hybridized carbons (Fsp3) is 0.375. The lowest BCUT2D eigenvalue weighted by atomic mass is 10.1. The Morgan fingerprint density at radius 2 is 1.97 bits per heavy atom. The van der Waals surface area contributed by atoms with E-state index in [0.29, 0.717) is 19.6 Å². The number of hydrogen-bond acceptors (Lipinski definition) is 4. The molecule has 0 N–H and O–H groups in total. The van der Waals surface area contributed by atoms with E-state index in [1.165, 1.54) is 6.08 Å². The van der Waals surface area contributed by atoms with Crippen LogP contribution in [0.25, 0.3) is 6.08 Å². The van der Waals surface area contributed by atoms with Crippen molar-refractivity contribution >= 4 is 21.8 Å². The topological polar surface area (TPSA) is 63.7 Å². The van der Waals surface area contributed by atoms with Crippen molar-refractivity contribution in [3.05, 3.63) is 71.8 Å². The summed E-state index contributed by atoms with van der Waals surface area (Å²) in [6, 6.07) is 17.3. The number of nitrogens with zero attached hydrogens (tertiary/aromatic N) is 1. The van der Waals surface area contributed by atoms with Crippen molar-refractivity contribution in [1.82, 2.24) is 4.90 Å². The summed E-state index contributed by atoms with van der Waals surface area (Å²) < 4.78 is 29.6. The van der Waals surface area contributed by atoms with Crippen molar-refractivity contribution in [2.45, 2.75) is 38.8 Å². The molecule has 1 fully saturated rings. The fourth-order valence-electron chi connectivity index (χ4n) is 3.53. The van der Waals surface area contributed by atoms with Gasteiger partial charge in [-0.05, 0) is 42.2 Å². The normalized spacial score (nSPS) is 17.8. The molecule has 0 aliphatic carbocycles. The predicted octanol–water partition coefficient (Wildman–Crippen LogP) is 4.09. The van der Waals surface area contributed by atoms with Crippen molar-refractivity contribution < 1.29 is 17.9 Å². The monoisotopic (exact) mass is 427 g/mol. The van der Waals surface area contributed by atoms with Gasteiger partial charge in [-0.15, -0.1) is 0 Å². The van der Waals surface area contributed by atoms with Gasteiger partial charge in [-0.25, -0.2) is 8.42 Å². The van der Waals surface area contributed by atoms with Crippen molar-refractivity contribution in [2.75, 3.05) is 18.1 Å². The Morgan fingerprint density at radius 1 is 1.17 bits per heavy atom. The van der Waals surface area contributed by atoms with Gasteiger partial charge in [-0.3, -0.25) is 4.79 Å². The summed E-state index contributed by atoms with van der Waals surface area (Å²) in [5.41, 5.74) is 1.95. The van der Waals surface area contributed by atoms with Gasteiger partial charge in [0.1, 0.15) is 12.4 Å². The minimum absolute atomic E-state index is 0.0686. The van der Waals surface area contributed by atoms with E-state index in [1.54, 1.807) is 11.0 Å². The summed E-state index contributed by atoms with van der Waals surface area (Å²) in [4.78, 5) is 14.6. The van der Waals surface area contributed by atoms with Crippen LogP contribution in [0, 0.1) is 0 Å². The summed E-state index contributed by atoms with van der Waals surface area (Å²) in [5, 5.41) is 0. The first-order chi connectivity index (χ1) is 14.5. The van der Waals surface area contributed by atoms with E-state index in [-0.39, 0.29) is 23.5 Å². The van der Waals surface area contributed by atoms with E-state index in [2.05, 4.69) is 6.92 Å². The van der Waals surface area contributed by atoms with Gasteiger partial charge in [0.25, 0.3) is 0 Å². The van der Waals surface area contributed by atoms with Crippen LogP contribution in [0.4, 0.5) is 0 Å². The molecule has 3 rings (SSSR count). The van der Waals surface area contributed by atoms with Gasteiger partial charge in [0.2, 0.25) is 5.91 Å². The van der Waals surface area contributed by atoms with E-state index in [4.69, 9.17) is 4.74 Å². The maximum Gasteiger partial charge on any atom is 0.246 e. The third kappa shape index (κ3) is 6.46. The maximum atomic E-state index is 12.8. The van der Waals surface area contributed by atoms with Crippen molar-refractivity contribution in [3.63, 3.8) is 0 Å². The van der Waals surface area contributed by atoms with Crippen LogP contribution < -0.4 is 4.74 Å². The number of ether oxygens (including phenoxy) is 1. The molecule has 5 nitrogen and oxygen atoms in total. The largest absolute Gasteiger partial charge is 0.489 e. The molecule has 0 radical (unpaired) electrons.